The molecule has 2 N–H and O–H groups in total. The molecule has 0 saturated carbocycles. The molecule has 0 fully saturated rings. The molecule has 0 spiro atoms. The Kier molecular flexibility index (Phi) is 2.21. The summed E-state index contributed by atoms with van der Waals surface area (Å²) in [6, 6.07) is 2.00. The molecule has 0 aliphatic heterocycles. The second-order valence-corrected chi connectivity index (χ2v) is 2.47. The van der Waals surface area contributed by atoms with E-state index in [-0.39, 0.29) is 0 Å². The molecule has 0 saturated heterocycles. The average molecular weight is 149 g/mol. The van der Waals surface area contributed by atoms with Crippen LogP contribution in [0.4, 0.5) is 0 Å². The lowest BCUT2D eigenvalue weighted by molar-refractivity contribution is 1.21. The first kappa shape index (κ1) is 7.72. The maximum Gasteiger partial charge on any atom is 0.0657 e. The number of hydrazone groups is 1. The number of aromatic nitrogens is 1. The maximum absolute atomic E-state index is 5.11. The first-order chi connectivity index (χ1) is 5.24. The summed E-state index contributed by atoms with van der Waals surface area (Å²) in [6.45, 7) is 3.84. The van der Waals surface area contributed by atoms with Gasteiger partial charge in [-0.2, -0.15) is 5.10 Å². The van der Waals surface area contributed by atoms with E-state index in [2.05, 4.69) is 10.1 Å². The van der Waals surface area contributed by atoms with Crippen LogP contribution < -0.4 is 5.84 Å². The molecule has 0 aliphatic rings. The molecule has 0 atom stereocenters. The Hall–Kier alpha value is -1.38. The van der Waals surface area contributed by atoms with Crippen molar-refractivity contribution in [3.63, 3.8) is 0 Å². The molecule has 0 amide bonds. The van der Waals surface area contributed by atoms with E-state index in [1.165, 1.54) is 0 Å². The summed E-state index contributed by atoms with van der Waals surface area (Å²) in [5.41, 5.74) is 2.90. The van der Waals surface area contributed by atoms with Gasteiger partial charge in [0.15, 0.2) is 0 Å². The van der Waals surface area contributed by atoms with Crippen molar-refractivity contribution < 1.29 is 0 Å². The Morgan fingerprint density at radius 2 is 2.27 bits per heavy atom. The Labute approximate surface area is 66.0 Å². The summed E-state index contributed by atoms with van der Waals surface area (Å²) in [7, 11) is 0. The van der Waals surface area contributed by atoms with Crippen LogP contribution in [0, 0.1) is 6.92 Å². The molecule has 11 heavy (non-hydrogen) atoms. The summed E-state index contributed by atoms with van der Waals surface area (Å²) < 4.78 is 0. The zero-order chi connectivity index (χ0) is 8.27. The molecule has 0 aromatic carbocycles. The number of aryl methyl sites for hydroxylation is 1. The van der Waals surface area contributed by atoms with Crippen molar-refractivity contribution in [3.05, 3.63) is 29.6 Å². The van der Waals surface area contributed by atoms with E-state index in [9.17, 15) is 0 Å². The second kappa shape index (κ2) is 3.14. The molecule has 58 valence electrons. The number of hydrogen-bond donors (Lipinski definition) is 1. The lowest BCUT2D eigenvalue weighted by Gasteiger charge is -1.98. The van der Waals surface area contributed by atoms with Gasteiger partial charge < -0.3 is 5.84 Å². The number of nitrogens with zero attached hydrogens (tertiary/aromatic N) is 2. The Balaban J connectivity index is 3.06. The largest absolute Gasteiger partial charge is 0.323 e. The van der Waals surface area contributed by atoms with Crippen molar-refractivity contribution in [2.75, 3.05) is 0 Å². The van der Waals surface area contributed by atoms with E-state index in [1.54, 1.807) is 12.4 Å². The van der Waals surface area contributed by atoms with Crippen molar-refractivity contribution in [1.82, 2.24) is 4.98 Å². The monoisotopic (exact) mass is 149 g/mol. The van der Waals surface area contributed by atoms with Crippen LogP contribution in [-0.4, -0.2) is 10.7 Å². The van der Waals surface area contributed by atoms with E-state index in [4.69, 9.17) is 5.84 Å². The van der Waals surface area contributed by atoms with E-state index in [0.29, 0.717) is 0 Å². The predicted molar refractivity (Wildman–Crippen MR) is 45.4 cm³/mol. The number of pyridine rings is 1. The summed E-state index contributed by atoms with van der Waals surface area (Å²) in [5, 5.41) is 3.58. The minimum Gasteiger partial charge on any atom is -0.323 e. The van der Waals surface area contributed by atoms with E-state index in [0.717, 1.165) is 16.8 Å². The van der Waals surface area contributed by atoms with Gasteiger partial charge in [-0.3, -0.25) is 4.98 Å². The Morgan fingerprint density at radius 3 is 2.82 bits per heavy atom. The van der Waals surface area contributed by atoms with Crippen molar-refractivity contribution in [1.29, 1.82) is 0 Å². The van der Waals surface area contributed by atoms with Gasteiger partial charge in [0.05, 0.1) is 5.71 Å². The van der Waals surface area contributed by atoms with Gasteiger partial charge in [-0.25, -0.2) is 0 Å². The van der Waals surface area contributed by atoms with E-state index in [1.807, 2.05) is 19.9 Å². The molecule has 1 rings (SSSR count). The van der Waals surface area contributed by atoms with Crippen LogP contribution in [0.3, 0.4) is 0 Å². The first-order valence-corrected chi connectivity index (χ1v) is 3.40. The molecule has 3 heteroatoms. The molecule has 0 unspecified atom stereocenters. The summed E-state index contributed by atoms with van der Waals surface area (Å²) in [6.07, 6.45) is 3.55. The van der Waals surface area contributed by atoms with Crippen LogP contribution in [-0.2, 0) is 0 Å². The summed E-state index contributed by atoms with van der Waals surface area (Å²) in [5.74, 6) is 5.11. The van der Waals surface area contributed by atoms with Gasteiger partial charge in [-0.05, 0) is 25.5 Å². The molecule has 0 aliphatic carbocycles. The van der Waals surface area contributed by atoms with Crippen LogP contribution in [0.2, 0.25) is 0 Å². The Bertz CT molecular complexity index is 278. The molecule has 0 bridgehead atoms. The quantitative estimate of drug-likeness (QED) is 0.369. The lowest BCUT2D eigenvalue weighted by atomic mass is 10.1. The van der Waals surface area contributed by atoms with Gasteiger partial charge in [-0.1, -0.05) is 0 Å². The predicted octanol–water partition coefficient (Wildman–Crippen LogP) is 1.07. The van der Waals surface area contributed by atoms with Crippen molar-refractivity contribution in [2.45, 2.75) is 13.8 Å². The van der Waals surface area contributed by atoms with Crippen molar-refractivity contribution >= 4 is 5.71 Å². The van der Waals surface area contributed by atoms with E-state index < -0.39 is 0 Å². The van der Waals surface area contributed by atoms with Gasteiger partial charge >= 0.3 is 0 Å². The smallest absolute Gasteiger partial charge is 0.0657 e. The fourth-order valence-electron chi connectivity index (χ4n) is 0.827. The molecular formula is C8H11N3. The van der Waals surface area contributed by atoms with Gasteiger partial charge in [0.25, 0.3) is 0 Å². The standard InChI is InChI=1S/C8H11N3/c1-6-3-8(5-10-4-6)7(2)11-9/h3-5H,9H2,1-2H3/b11-7-. The van der Waals surface area contributed by atoms with Crippen LogP contribution >= 0.6 is 0 Å². The lowest BCUT2D eigenvalue weighted by Crippen LogP contribution is -1.99. The third kappa shape index (κ3) is 1.77. The van der Waals surface area contributed by atoms with Crippen molar-refractivity contribution in [3.8, 4) is 0 Å². The molecule has 1 aromatic heterocycles. The third-order valence-electron chi connectivity index (χ3n) is 1.49. The van der Waals surface area contributed by atoms with Gasteiger partial charge in [-0.15, -0.1) is 0 Å². The topological polar surface area (TPSA) is 51.3 Å². The highest BCUT2D eigenvalue weighted by Gasteiger charge is 1.95. The number of rotatable bonds is 1. The molecule has 1 heterocycles. The molecule has 1 aromatic rings. The normalized spacial score (nSPS) is 11.6. The Morgan fingerprint density at radius 1 is 1.55 bits per heavy atom. The summed E-state index contributed by atoms with van der Waals surface area (Å²) >= 11 is 0. The fraction of sp³-hybridized carbons (Fsp3) is 0.250. The molecule has 3 nitrogen and oxygen atoms in total. The van der Waals surface area contributed by atoms with E-state index >= 15 is 0 Å². The third-order valence-corrected chi connectivity index (χ3v) is 1.49. The zero-order valence-corrected chi connectivity index (χ0v) is 6.70. The molecule has 0 radical (unpaired) electrons. The van der Waals surface area contributed by atoms with Crippen LogP contribution in [0.25, 0.3) is 0 Å². The number of hydrogen-bond acceptors (Lipinski definition) is 3. The van der Waals surface area contributed by atoms with Crippen LogP contribution in [0.15, 0.2) is 23.6 Å². The zero-order valence-electron chi connectivity index (χ0n) is 6.70. The SMILES string of the molecule is C/C(=N/N)c1cncc(C)c1. The van der Waals surface area contributed by atoms with Gasteiger partial charge in [0.2, 0.25) is 0 Å². The van der Waals surface area contributed by atoms with Gasteiger partial charge in [0, 0.05) is 18.0 Å². The molecular weight excluding hydrogens is 138 g/mol. The van der Waals surface area contributed by atoms with Crippen LogP contribution in [0.1, 0.15) is 18.1 Å². The highest BCUT2D eigenvalue weighted by Crippen LogP contribution is 2.01. The highest BCUT2D eigenvalue weighted by atomic mass is 15.1. The maximum atomic E-state index is 5.11. The second-order valence-electron chi connectivity index (χ2n) is 2.47. The number of nitrogens with two attached hydrogens (primary N) is 1. The first-order valence-electron chi connectivity index (χ1n) is 3.40. The minimum absolute atomic E-state index is 0.807. The highest BCUT2D eigenvalue weighted by molar-refractivity contribution is 5.98. The summed E-state index contributed by atoms with van der Waals surface area (Å²) in [4.78, 5) is 4.02. The minimum atomic E-state index is 0.807. The van der Waals surface area contributed by atoms with Crippen molar-refractivity contribution in [2.24, 2.45) is 10.9 Å². The van der Waals surface area contributed by atoms with Gasteiger partial charge in [0.1, 0.15) is 0 Å². The van der Waals surface area contributed by atoms with Crippen LogP contribution in [0.5, 0.6) is 0 Å². The average Bonchev–Trinajstić information content (AvgIpc) is 2.03. The fourth-order valence-corrected chi connectivity index (χ4v) is 0.827.